The summed E-state index contributed by atoms with van der Waals surface area (Å²) in [5.74, 6) is -0.969. The Bertz CT molecular complexity index is 1100. The van der Waals surface area contributed by atoms with Crippen molar-refractivity contribution in [1.82, 2.24) is 4.90 Å². The van der Waals surface area contributed by atoms with Crippen LogP contribution in [-0.4, -0.2) is 23.3 Å². The van der Waals surface area contributed by atoms with Crippen LogP contribution in [0.2, 0.25) is 5.02 Å². The molecule has 0 fully saturated rings. The van der Waals surface area contributed by atoms with Crippen molar-refractivity contribution >= 4 is 51.7 Å². The van der Waals surface area contributed by atoms with Crippen LogP contribution >= 0.6 is 34.2 Å². The normalized spacial score (nSPS) is 16.0. The molecular weight excluding hydrogens is 506 g/mol. The molecule has 29 heavy (non-hydrogen) atoms. The van der Waals surface area contributed by atoms with Gasteiger partial charge in [0.2, 0.25) is 5.91 Å². The standard InChI is InChI=1S/C22H15ClFIN2O2/c23-14-7-10-19-17(11-14)21(13-5-8-15(24)9-6-13)27(12-20(28)26-19)22(29)16-3-1-2-4-18(16)25/h1-11,21H,12H2,(H,26,28)/t21-/m0/s1. The van der Waals surface area contributed by atoms with Crippen molar-refractivity contribution in [1.29, 1.82) is 0 Å². The molecule has 2 amide bonds. The minimum atomic E-state index is -0.605. The number of carbonyl (C=O) groups excluding carboxylic acids is 2. The summed E-state index contributed by atoms with van der Waals surface area (Å²) in [5, 5.41) is 3.32. The molecule has 3 aromatic carbocycles. The minimum Gasteiger partial charge on any atom is -0.324 e. The van der Waals surface area contributed by atoms with E-state index in [1.54, 1.807) is 42.5 Å². The van der Waals surface area contributed by atoms with Crippen LogP contribution in [-0.2, 0) is 4.79 Å². The zero-order chi connectivity index (χ0) is 20.5. The molecule has 0 saturated heterocycles. The predicted octanol–water partition coefficient (Wildman–Crippen LogP) is 5.27. The summed E-state index contributed by atoms with van der Waals surface area (Å²) < 4.78 is 14.3. The monoisotopic (exact) mass is 520 g/mol. The van der Waals surface area contributed by atoms with Crippen LogP contribution in [0.3, 0.4) is 0 Å². The average molecular weight is 521 g/mol. The lowest BCUT2D eigenvalue weighted by molar-refractivity contribution is -0.117. The van der Waals surface area contributed by atoms with E-state index in [-0.39, 0.29) is 24.2 Å². The third-order valence-electron chi connectivity index (χ3n) is 4.76. The molecule has 4 rings (SSSR count). The molecule has 1 N–H and O–H groups in total. The second-order valence-corrected chi connectivity index (χ2v) is 8.25. The van der Waals surface area contributed by atoms with Gasteiger partial charge in [-0.25, -0.2) is 4.39 Å². The molecule has 1 atom stereocenters. The molecule has 0 saturated carbocycles. The van der Waals surface area contributed by atoms with Crippen LogP contribution in [0, 0.1) is 9.39 Å². The number of hydrogen-bond donors (Lipinski definition) is 1. The number of rotatable bonds is 2. The van der Waals surface area contributed by atoms with E-state index in [2.05, 4.69) is 27.9 Å². The lowest BCUT2D eigenvalue weighted by Gasteiger charge is -2.31. The summed E-state index contributed by atoms with van der Waals surface area (Å²) in [6.45, 7) is -0.141. The molecule has 0 bridgehead atoms. The fraction of sp³-hybridized carbons (Fsp3) is 0.0909. The van der Waals surface area contributed by atoms with Crippen molar-refractivity contribution in [2.75, 3.05) is 11.9 Å². The zero-order valence-electron chi connectivity index (χ0n) is 15.0. The molecule has 4 nitrogen and oxygen atoms in total. The van der Waals surface area contributed by atoms with Gasteiger partial charge < -0.3 is 10.2 Å². The van der Waals surface area contributed by atoms with E-state index >= 15 is 0 Å². The van der Waals surface area contributed by atoms with E-state index in [0.717, 1.165) is 3.57 Å². The van der Waals surface area contributed by atoms with Crippen molar-refractivity contribution < 1.29 is 14.0 Å². The Morgan fingerprint density at radius 1 is 1.10 bits per heavy atom. The van der Waals surface area contributed by atoms with Crippen molar-refractivity contribution in [2.45, 2.75) is 6.04 Å². The SMILES string of the molecule is O=C1CN(C(=O)c2ccccc2I)[C@@H](c2ccc(F)cc2)c2cc(Cl)ccc2N1. The quantitative estimate of drug-likeness (QED) is 0.468. The maximum absolute atomic E-state index is 13.6. The van der Waals surface area contributed by atoms with Crippen molar-refractivity contribution in [3.8, 4) is 0 Å². The number of carbonyl (C=O) groups is 2. The summed E-state index contributed by atoms with van der Waals surface area (Å²) in [6.07, 6.45) is 0. The first-order valence-corrected chi connectivity index (χ1v) is 10.3. The van der Waals surface area contributed by atoms with Crippen LogP contribution in [0.5, 0.6) is 0 Å². The van der Waals surface area contributed by atoms with Crippen LogP contribution in [0.15, 0.2) is 66.7 Å². The van der Waals surface area contributed by atoms with Gasteiger partial charge in [-0.05, 0) is 70.6 Å². The predicted molar refractivity (Wildman–Crippen MR) is 119 cm³/mol. The van der Waals surface area contributed by atoms with Crippen molar-refractivity contribution in [2.24, 2.45) is 0 Å². The smallest absolute Gasteiger partial charge is 0.256 e. The molecular formula is C22H15ClFIN2O2. The van der Waals surface area contributed by atoms with Gasteiger partial charge in [-0.3, -0.25) is 9.59 Å². The molecule has 1 heterocycles. The number of anilines is 1. The second kappa shape index (κ2) is 8.12. The Kier molecular flexibility index (Phi) is 5.56. The minimum absolute atomic E-state index is 0.141. The number of hydrogen-bond acceptors (Lipinski definition) is 2. The highest BCUT2D eigenvalue weighted by Crippen LogP contribution is 2.38. The van der Waals surface area contributed by atoms with Crippen LogP contribution in [0.4, 0.5) is 10.1 Å². The Labute approximate surface area is 185 Å². The van der Waals surface area contributed by atoms with Gasteiger partial charge in [0.05, 0.1) is 11.6 Å². The topological polar surface area (TPSA) is 49.4 Å². The molecule has 1 aliphatic heterocycles. The summed E-state index contributed by atoms with van der Waals surface area (Å²) in [4.78, 5) is 27.6. The molecule has 3 aromatic rings. The van der Waals surface area contributed by atoms with E-state index in [1.165, 1.54) is 17.0 Å². The number of fused-ring (bicyclic) bond motifs is 1. The van der Waals surface area contributed by atoms with Gasteiger partial charge >= 0.3 is 0 Å². The van der Waals surface area contributed by atoms with E-state index < -0.39 is 6.04 Å². The number of benzene rings is 3. The Morgan fingerprint density at radius 3 is 2.55 bits per heavy atom. The van der Waals surface area contributed by atoms with E-state index in [0.29, 0.717) is 27.4 Å². The first kappa shape index (κ1) is 19.8. The van der Waals surface area contributed by atoms with Crippen LogP contribution in [0.1, 0.15) is 27.5 Å². The maximum Gasteiger partial charge on any atom is 0.256 e. The summed E-state index contributed by atoms with van der Waals surface area (Å²) in [6, 6.07) is 17.6. The maximum atomic E-state index is 13.6. The lowest BCUT2D eigenvalue weighted by Crippen LogP contribution is -2.39. The third kappa shape index (κ3) is 4.00. The summed E-state index contributed by atoms with van der Waals surface area (Å²) in [7, 11) is 0. The molecule has 0 spiro atoms. The third-order valence-corrected chi connectivity index (χ3v) is 5.93. The molecule has 0 unspecified atom stereocenters. The number of nitrogens with one attached hydrogen (secondary N) is 1. The highest BCUT2D eigenvalue weighted by atomic mass is 127. The van der Waals surface area contributed by atoms with Crippen LogP contribution < -0.4 is 5.32 Å². The Morgan fingerprint density at radius 2 is 1.83 bits per heavy atom. The Balaban J connectivity index is 1.91. The zero-order valence-corrected chi connectivity index (χ0v) is 17.9. The largest absolute Gasteiger partial charge is 0.324 e. The molecule has 0 radical (unpaired) electrons. The first-order chi connectivity index (χ1) is 13.9. The van der Waals surface area contributed by atoms with Gasteiger partial charge in [0.25, 0.3) is 5.91 Å². The van der Waals surface area contributed by atoms with Gasteiger partial charge in [0, 0.05) is 19.8 Å². The first-order valence-electron chi connectivity index (χ1n) is 8.84. The van der Waals surface area contributed by atoms with Gasteiger partial charge in [-0.1, -0.05) is 35.9 Å². The molecule has 0 aromatic heterocycles. The van der Waals surface area contributed by atoms with Gasteiger partial charge in [-0.2, -0.15) is 0 Å². The second-order valence-electron chi connectivity index (χ2n) is 6.65. The van der Waals surface area contributed by atoms with E-state index in [9.17, 15) is 14.0 Å². The fourth-order valence-electron chi connectivity index (χ4n) is 3.46. The van der Waals surface area contributed by atoms with Crippen molar-refractivity contribution in [3.63, 3.8) is 0 Å². The number of amides is 2. The van der Waals surface area contributed by atoms with E-state index in [1.807, 2.05) is 12.1 Å². The molecule has 1 aliphatic rings. The fourth-order valence-corrected chi connectivity index (χ4v) is 4.26. The molecule has 0 aliphatic carbocycles. The van der Waals surface area contributed by atoms with Crippen molar-refractivity contribution in [3.05, 3.63) is 97.8 Å². The van der Waals surface area contributed by atoms with Gasteiger partial charge in [0.15, 0.2) is 0 Å². The highest BCUT2D eigenvalue weighted by Gasteiger charge is 2.34. The van der Waals surface area contributed by atoms with E-state index in [4.69, 9.17) is 11.6 Å². The lowest BCUT2D eigenvalue weighted by atomic mass is 9.95. The van der Waals surface area contributed by atoms with Gasteiger partial charge in [0.1, 0.15) is 12.4 Å². The summed E-state index contributed by atoms with van der Waals surface area (Å²) in [5.41, 5.74) is 2.44. The number of halogens is 3. The average Bonchev–Trinajstić information content (AvgIpc) is 2.84. The van der Waals surface area contributed by atoms with Gasteiger partial charge in [-0.15, -0.1) is 0 Å². The Hall–Kier alpha value is -2.45. The summed E-state index contributed by atoms with van der Waals surface area (Å²) >= 11 is 8.34. The van der Waals surface area contributed by atoms with Crippen LogP contribution in [0.25, 0.3) is 0 Å². The molecule has 146 valence electrons. The molecule has 7 heteroatoms. The number of nitrogens with zero attached hydrogens (tertiary/aromatic N) is 1. The highest BCUT2D eigenvalue weighted by molar-refractivity contribution is 14.1.